The molecule has 0 bridgehead atoms. The summed E-state index contributed by atoms with van der Waals surface area (Å²) >= 11 is 0. The molecule has 0 radical (unpaired) electrons. The maximum Gasteiger partial charge on any atom is 0.322 e. The Balaban J connectivity index is 1.78. The lowest BCUT2D eigenvalue weighted by molar-refractivity contribution is 0.0867. The molecule has 2 N–H and O–H groups in total. The van der Waals surface area contributed by atoms with E-state index in [0.717, 1.165) is 43.2 Å². The molecule has 5 heteroatoms. The number of nitrogens with zero attached hydrogens (tertiary/aromatic N) is 1. The van der Waals surface area contributed by atoms with E-state index in [9.17, 15) is 14.7 Å². The van der Waals surface area contributed by atoms with E-state index in [1.54, 1.807) is 11.0 Å². The van der Waals surface area contributed by atoms with Crippen LogP contribution in [0.25, 0.3) is 0 Å². The van der Waals surface area contributed by atoms with Crippen LogP contribution in [0.5, 0.6) is 0 Å². The lowest BCUT2D eigenvalue weighted by Crippen LogP contribution is -2.51. The second-order valence-electron chi connectivity index (χ2n) is 6.57. The van der Waals surface area contributed by atoms with Crippen LogP contribution in [0, 0.1) is 0 Å². The predicted octanol–water partition coefficient (Wildman–Crippen LogP) is 2.97. The van der Waals surface area contributed by atoms with Crippen LogP contribution in [-0.2, 0) is 6.42 Å². The molecule has 1 aromatic rings. The van der Waals surface area contributed by atoms with Gasteiger partial charge in [-0.25, -0.2) is 4.79 Å². The lowest BCUT2D eigenvalue weighted by Gasteiger charge is -2.36. The van der Waals surface area contributed by atoms with E-state index in [2.05, 4.69) is 5.32 Å². The van der Waals surface area contributed by atoms with Crippen molar-refractivity contribution < 1.29 is 14.7 Å². The molecular weight excluding hydrogens is 292 g/mol. The molecule has 0 saturated carbocycles. The Labute approximate surface area is 136 Å². The van der Waals surface area contributed by atoms with E-state index in [1.807, 2.05) is 19.1 Å². The van der Waals surface area contributed by atoms with Crippen LogP contribution >= 0.6 is 0 Å². The van der Waals surface area contributed by atoms with Gasteiger partial charge < -0.3 is 15.3 Å². The van der Waals surface area contributed by atoms with Gasteiger partial charge in [-0.3, -0.25) is 4.79 Å². The Kier molecular flexibility index (Phi) is 4.39. The molecule has 1 atom stereocenters. The molecule has 23 heavy (non-hydrogen) atoms. The van der Waals surface area contributed by atoms with Crippen molar-refractivity contribution in [3.05, 3.63) is 29.3 Å². The number of hydrogen-bond donors (Lipinski definition) is 2. The van der Waals surface area contributed by atoms with E-state index in [0.29, 0.717) is 18.7 Å². The maximum atomic E-state index is 12.6. The molecule has 1 fully saturated rings. The third kappa shape index (κ3) is 2.85. The number of aliphatic hydroxyl groups is 1. The molecule has 2 aliphatic rings. The van der Waals surface area contributed by atoms with Gasteiger partial charge in [0, 0.05) is 24.2 Å². The molecular formula is C18H24N2O3. The van der Waals surface area contributed by atoms with Gasteiger partial charge in [0.25, 0.3) is 0 Å². The Morgan fingerprint density at radius 1 is 1.35 bits per heavy atom. The maximum absolute atomic E-state index is 12.6. The number of benzene rings is 1. The minimum atomic E-state index is -0.450. The third-order valence-electron chi connectivity index (χ3n) is 5.31. The summed E-state index contributed by atoms with van der Waals surface area (Å²) in [5.41, 5.74) is 2.01. The average Bonchev–Trinajstić information content (AvgIpc) is 3.00. The normalized spacial score (nSPS) is 23.7. The molecule has 1 unspecified atom stereocenters. The molecule has 5 nitrogen and oxygen atoms in total. The van der Waals surface area contributed by atoms with Gasteiger partial charge in [-0.15, -0.1) is 0 Å². The summed E-state index contributed by atoms with van der Waals surface area (Å²) in [6, 6.07) is 5.39. The first-order chi connectivity index (χ1) is 11.1. The van der Waals surface area contributed by atoms with Crippen LogP contribution in [0.1, 0.15) is 54.9 Å². The van der Waals surface area contributed by atoms with Gasteiger partial charge in [-0.1, -0.05) is 13.0 Å². The summed E-state index contributed by atoms with van der Waals surface area (Å²) in [5.74, 6) is 0.154. The van der Waals surface area contributed by atoms with E-state index >= 15 is 0 Å². The molecule has 1 aliphatic heterocycles. The van der Waals surface area contributed by atoms with Crippen molar-refractivity contribution >= 4 is 17.5 Å². The van der Waals surface area contributed by atoms with Gasteiger partial charge in [-0.2, -0.15) is 0 Å². The van der Waals surface area contributed by atoms with Crippen LogP contribution in [-0.4, -0.2) is 40.5 Å². The van der Waals surface area contributed by atoms with E-state index in [1.165, 1.54) is 0 Å². The van der Waals surface area contributed by atoms with Crippen LogP contribution in [0.3, 0.4) is 0 Å². The van der Waals surface area contributed by atoms with Crippen molar-refractivity contribution in [2.24, 2.45) is 0 Å². The third-order valence-corrected chi connectivity index (χ3v) is 5.31. The highest BCUT2D eigenvalue weighted by Gasteiger charge is 2.41. The van der Waals surface area contributed by atoms with Gasteiger partial charge in [-0.05, 0) is 49.8 Å². The Morgan fingerprint density at radius 3 is 2.91 bits per heavy atom. The first-order valence-electron chi connectivity index (χ1n) is 8.45. The second kappa shape index (κ2) is 6.32. The summed E-state index contributed by atoms with van der Waals surface area (Å²) in [6.45, 7) is 2.64. The fourth-order valence-corrected chi connectivity index (χ4v) is 3.80. The number of aryl methyl sites for hydroxylation is 1. The van der Waals surface area contributed by atoms with Gasteiger partial charge >= 0.3 is 6.03 Å². The molecule has 124 valence electrons. The number of Topliss-reactive ketones (excluding diaryl/α,β-unsaturated/α-hetero) is 1. The van der Waals surface area contributed by atoms with Crippen LogP contribution < -0.4 is 5.32 Å². The zero-order valence-corrected chi connectivity index (χ0v) is 13.6. The van der Waals surface area contributed by atoms with Gasteiger partial charge in [0.2, 0.25) is 0 Å². The topological polar surface area (TPSA) is 69.6 Å². The first-order valence-corrected chi connectivity index (χ1v) is 8.45. The number of carbonyl (C=O) groups is 2. The largest absolute Gasteiger partial charge is 0.394 e. The number of fused-ring (bicyclic) bond motifs is 1. The molecule has 1 aliphatic carbocycles. The number of ketones is 1. The standard InChI is InChI=1S/C18H24N2O3/c1-2-18(12-21)9-4-10-20(18)17(23)19-14-8-7-13-5-3-6-16(22)15(13)11-14/h7-8,11,21H,2-6,9-10,12H2,1H3,(H,19,23). The number of nitrogens with one attached hydrogen (secondary N) is 1. The predicted molar refractivity (Wildman–Crippen MR) is 88.8 cm³/mol. The number of aliphatic hydroxyl groups excluding tert-OH is 1. The summed E-state index contributed by atoms with van der Waals surface area (Å²) in [5, 5.41) is 12.6. The summed E-state index contributed by atoms with van der Waals surface area (Å²) in [6.07, 6.45) is 4.88. The van der Waals surface area contributed by atoms with Gasteiger partial charge in [0.05, 0.1) is 12.1 Å². The second-order valence-corrected chi connectivity index (χ2v) is 6.57. The van der Waals surface area contributed by atoms with E-state index in [-0.39, 0.29) is 18.4 Å². The van der Waals surface area contributed by atoms with E-state index in [4.69, 9.17) is 0 Å². The number of likely N-dealkylation sites (tertiary alicyclic amines) is 1. The summed E-state index contributed by atoms with van der Waals surface area (Å²) < 4.78 is 0. The molecule has 1 saturated heterocycles. The van der Waals surface area contributed by atoms with Crippen molar-refractivity contribution in [3.8, 4) is 0 Å². The van der Waals surface area contributed by atoms with Crippen LogP contribution in [0.2, 0.25) is 0 Å². The van der Waals surface area contributed by atoms with Crippen LogP contribution in [0.15, 0.2) is 18.2 Å². The van der Waals surface area contributed by atoms with Crippen molar-refractivity contribution in [1.82, 2.24) is 4.90 Å². The van der Waals surface area contributed by atoms with Crippen molar-refractivity contribution in [1.29, 1.82) is 0 Å². The van der Waals surface area contributed by atoms with Crippen molar-refractivity contribution in [3.63, 3.8) is 0 Å². The molecule has 1 heterocycles. The lowest BCUT2D eigenvalue weighted by atomic mass is 9.90. The molecule has 1 aromatic carbocycles. The number of carbonyl (C=O) groups excluding carboxylic acids is 2. The smallest absolute Gasteiger partial charge is 0.322 e. The Bertz CT molecular complexity index is 623. The fourth-order valence-electron chi connectivity index (χ4n) is 3.80. The quantitative estimate of drug-likeness (QED) is 0.900. The zero-order valence-electron chi connectivity index (χ0n) is 13.6. The molecule has 3 rings (SSSR count). The number of urea groups is 1. The highest BCUT2D eigenvalue weighted by molar-refractivity contribution is 6.00. The van der Waals surface area contributed by atoms with Crippen molar-refractivity contribution in [2.75, 3.05) is 18.5 Å². The Hall–Kier alpha value is -1.88. The minimum absolute atomic E-state index is 0.0143. The average molecular weight is 316 g/mol. The van der Waals surface area contributed by atoms with Gasteiger partial charge in [0.15, 0.2) is 5.78 Å². The fraction of sp³-hybridized carbons (Fsp3) is 0.556. The Morgan fingerprint density at radius 2 is 2.17 bits per heavy atom. The van der Waals surface area contributed by atoms with Gasteiger partial charge in [0.1, 0.15) is 0 Å². The summed E-state index contributed by atoms with van der Waals surface area (Å²) in [4.78, 5) is 26.4. The number of amides is 2. The highest BCUT2D eigenvalue weighted by Crippen LogP contribution is 2.33. The van der Waals surface area contributed by atoms with E-state index < -0.39 is 5.54 Å². The van der Waals surface area contributed by atoms with Crippen LogP contribution in [0.4, 0.5) is 10.5 Å². The zero-order chi connectivity index (χ0) is 16.4. The number of anilines is 1. The molecule has 0 aromatic heterocycles. The SMILES string of the molecule is CCC1(CO)CCCN1C(=O)Nc1ccc2c(c1)C(=O)CCC2. The molecule has 0 spiro atoms. The summed E-state index contributed by atoms with van der Waals surface area (Å²) in [7, 11) is 0. The molecule has 2 amide bonds. The number of rotatable bonds is 3. The van der Waals surface area contributed by atoms with Crippen molar-refractivity contribution in [2.45, 2.75) is 51.0 Å². The highest BCUT2D eigenvalue weighted by atomic mass is 16.3. The first kappa shape index (κ1) is 16.0. The number of hydrogen-bond acceptors (Lipinski definition) is 3. The minimum Gasteiger partial charge on any atom is -0.394 e. The monoisotopic (exact) mass is 316 g/mol.